The molecule has 0 radical (unpaired) electrons. The predicted molar refractivity (Wildman–Crippen MR) is 71.0 cm³/mol. The number of carbonyl (C=O) groups is 1. The van der Waals surface area contributed by atoms with Crippen LogP contribution in [-0.4, -0.2) is 31.2 Å². The van der Waals surface area contributed by atoms with Crippen LogP contribution in [0.5, 0.6) is 0 Å². The lowest BCUT2D eigenvalue weighted by molar-refractivity contribution is 0.0696. The van der Waals surface area contributed by atoms with Crippen molar-refractivity contribution in [2.45, 2.75) is 37.3 Å². The molecule has 1 saturated heterocycles. The van der Waals surface area contributed by atoms with Crippen molar-refractivity contribution in [2.24, 2.45) is 5.73 Å². The Balaban J connectivity index is 1.59. The lowest BCUT2D eigenvalue weighted by atomic mass is 10.1. The maximum Gasteiger partial charge on any atom is 0.252 e. The molecule has 0 spiro atoms. The van der Waals surface area contributed by atoms with Gasteiger partial charge in [0.1, 0.15) is 0 Å². The van der Waals surface area contributed by atoms with Crippen LogP contribution in [0, 0.1) is 0 Å². The molecule has 0 bridgehead atoms. The number of hydrogen-bond donors (Lipinski definition) is 2. The van der Waals surface area contributed by atoms with Gasteiger partial charge in [0.25, 0.3) is 5.91 Å². The minimum atomic E-state index is 0.0404. The Morgan fingerprint density at radius 1 is 1.44 bits per heavy atom. The van der Waals surface area contributed by atoms with Gasteiger partial charge in [-0.25, -0.2) is 0 Å². The first-order chi connectivity index (χ1) is 8.74. The van der Waals surface area contributed by atoms with Crippen molar-refractivity contribution in [1.29, 1.82) is 0 Å². The Kier molecular flexibility index (Phi) is 3.37. The van der Waals surface area contributed by atoms with Gasteiger partial charge in [0.2, 0.25) is 0 Å². The summed E-state index contributed by atoms with van der Waals surface area (Å²) in [4.78, 5) is 13.3. The summed E-state index contributed by atoms with van der Waals surface area (Å²) in [6.45, 7) is 1.49. The highest BCUT2D eigenvalue weighted by atomic mass is 32.1. The first-order valence-corrected chi connectivity index (χ1v) is 7.34. The van der Waals surface area contributed by atoms with Crippen LogP contribution in [0.25, 0.3) is 0 Å². The summed E-state index contributed by atoms with van der Waals surface area (Å²) < 4.78 is 5.28. The molecule has 5 heteroatoms. The average Bonchev–Trinajstić information content (AvgIpc) is 2.93. The number of hydrogen-bond acceptors (Lipinski definition) is 4. The Morgan fingerprint density at radius 2 is 2.17 bits per heavy atom. The van der Waals surface area contributed by atoms with Gasteiger partial charge >= 0.3 is 0 Å². The normalized spacial score (nSPS) is 28.1. The molecule has 4 nitrogen and oxygen atoms in total. The molecule has 2 atom stereocenters. The Labute approximate surface area is 111 Å². The molecule has 1 aliphatic carbocycles. The van der Waals surface area contributed by atoms with E-state index in [0.29, 0.717) is 12.0 Å². The van der Waals surface area contributed by atoms with E-state index in [0.717, 1.165) is 38.0 Å². The highest BCUT2D eigenvalue weighted by Gasteiger charge is 2.36. The third kappa shape index (κ3) is 2.58. The minimum absolute atomic E-state index is 0.0404. The van der Waals surface area contributed by atoms with E-state index in [9.17, 15) is 4.79 Å². The zero-order valence-corrected chi connectivity index (χ0v) is 11.0. The van der Waals surface area contributed by atoms with E-state index in [1.54, 1.807) is 11.3 Å². The summed E-state index contributed by atoms with van der Waals surface area (Å²) in [6.07, 6.45) is 2.88. The van der Waals surface area contributed by atoms with Crippen LogP contribution in [0.15, 0.2) is 11.4 Å². The molecule has 2 aliphatic rings. The van der Waals surface area contributed by atoms with Crippen molar-refractivity contribution >= 4 is 17.2 Å². The van der Waals surface area contributed by atoms with Crippen molar-refractivity contribution in [2.75, 3.05) is 13.2 Å². The second kappa shape index (κ2) is 4.99. The summed E-state index contributed by atoms with van der Waals surface area (Å²) in [5, 5.41) is 5.02. The second-order valence-corrected chi connectivity index (χ2v) is 6.05. The number of thiophene rings is 1. The second-order valence-electron chi connectivity index (χ2n) is 5.10. The fourth-order valence-corrected chi connectivity index (χ4v) is 3.40. The molecule has 1 saturated carbocycles. The Morgan fingerprint density at radius 3 is 2.83 bits per heavy atom. The quantitative estimate of drug-likeness (QED) is 0.871. The van der Waals surface area contributed by atoms with Gasteiger partial charge in [-0.2, -0.15) is 0 Å². The fraction of sp³-hybridized carbons (Fsp3) is 0.615. The van der Waals surface area contributed by atoms with E-state index in [4.69, 9.17) is 10.5 Å². The number of rotatable bonds is 3. The van der Waals surface area contributed by atoms with E-state index in [1.807, 2.05) is 11.4 Å². The number of nitrogens with two attached hydrogens (primary N) is 1. The highest BCUT2D eigenvalue weighted by Crippen LogP contribution is 2.41. The standard InChI is InChI=1S/C13H18N2O2S/c14-11-6-10(11)12-5-8(7-18-12)13(16)15-9-1-3-17-4-2-9/h5,7,9-11H,1-4,6,14H2,(H,15,16). The molecular formula is C13H18N2O2S. The molecule has 18 heavy (non-hydrogen) atoms. The van der Waals surface area contributed by atoms with E-state index in [1.165, 1.54) is 4.88 Å². The molecule has 3 rings (SSSR count). The van der Waals surface area contributed by atoms with Gasteiger partial charge < -0.3 is 15.8 Å². The van der Waals surface area contributed by atoms with Crippen molar-refractivity contribution in [3.8, 4) is 0 Å². The van der Waals surface area contributed by atoms with Crippen LogP contribution in [0.1, 0.15) is 40.4 Å². The molecule has 2 heterocycles. The number of ether oxygens (including phenoxy) is 1. The van der Waals surface area contributed by atoms with Gasteiger partial charge in [-0.05, 0) is 25.3 Å². The van der Waals surface area contributed by atoms with Crippen LogP contribution in [0.4, 0.5) is 0 Å². The van der Waals surface area contributed by atoms with Crippen LogP contribution < -0.4 is 11.1 Å². The molecule has 0 aromatic carbocycles. The zero-order chi connectivity index (χ0) is 12.5. The number of amides is 1. The molecule has 2 unspecified atom stereocenters. The van der Waals surface area contributed by atoms with Gasteiger partial charge in [-0.3, -0.25) is 4.79 Å². The molecule has 98 valence electrons. The monoisotopic (exact) mass is 266 g/mol. The SMILES string of the molecule is NC1CC1c1cc(C(=O)NC2CCOCC2)cs1. The third-order valence-electron chi connectivity index (χ3n) is 3.64. The smallest absolute Gasteiger partial charge is 0.252 e. The van der Waals surface area contributed by atoms with Crippen LogP contribution in [-0.2, 0) is 4.74 Å². The third-order valence-corrected chi connectivity index (χ3v) is 4.71. The van der Waals surface area contributed by atoms with Gasteiger partial charge in [0, 0.05) is 41.5 Å². The number of carbonyl (C=O) groups excluding carboxylic acids is 1. The maximum atomic E-state index is 12.1. The van der Waals surface area contributed by atoms with Crippen molar-refractivity contribution < 1.29 is 9.53 Å². The van der Waals surface area contributed by atoms with Crippen molar-refractivity contribution in [3.63, 3.8) is 0 Å². The summed E-state index contributed by atoms with van der Waals surface area (Å²) >= 11 is 1.65. The number of nitrogens with one attached hydrogen (secondary N) is 1. The van der Waals surface area contributed by atoms with E-state index in [2.05, 4.69) is 5.32 Å². The molecule has 1 aromatic heterocycles. The first-order valence-electron chi connectivity index (χ1n) is 6.46. The Hall–Kier alpha value is -0.910. The first kappa shape index (κ1) is 12.1. The van der Waals surface area contributed by atoms with Crippen LogP contribution in [0.3, 0.4) is 0 Å². The zero-order valence-electron chi connectivity index (χ0n) is 10.2. The Bertz CT molecular complexity index is 440. The molecule has 1 aliphatic heterocycles. The maximum absolute atomic E-state index is 12.1. The summed E-state index contributed by atoms with van der Waals surface area (Å²) in [5.74, 6) is 0.526. The molecule has 3 N–H and O–H groups in total. The predicted octanol–water partition coefficient (Wildman–Crippen LogP) is 1.47. The van der Waals surface area contributed by atoms with Gasteiger partial charge in [0.15, 0.2) is 0 Å². The minimum Gasteiger partial charge on any atom is -0.381 e. The summed E-state index contributed by atoms with van der Waals surface area (Å²) in [6, 6.07) is 2.56. The average molecular weight is 266 g/mol. The molecule has 1 aromatic rings. The fourth-order valence-electron chi connectivity index (χ4n) is 2.32. The van der Waals surface area contributed by atoms with Gasteiger partial charge in [-0.15, -0.1) is 11.3 Å². The van der Waals surface area contributed by atoms with Crippen LogP contribution in [0.2, 0.25) is 0 Å². The topological polar surface area (TPSA) is 64.4 Å². The van der Waals surface area contributed by atoms with Crippen LogP contribution >= 0.6 is 11.3 Å². The van der Waals surface area contributed by atoms with Gasteiger partial charge in [-0.1, -0.05) is 0 Å². The lowest BCUT2D eigenvalue weighted by Crippen LogP contribution is -2.38. The lowest BCUT2D eigenvalue weighted by Gasteiger charge is -2.22. The summed E-state index contributed by atoms with van der Waals surface area (Å²) in [5.41, 5.74) is 6.60. The van der Waals surface area contributed by atoms with Crippen molar-refractivity contribution in [3.05, 3.63) is 21.9 Å². The van der Waals surface area contributed by atoms with E-state index in [-0.39, 0.29) is 11.9 Å². The highest BCUT2D eigenvalue weighted by molar-refractivity contribution is 7.10. The molecule has 1 amide bonds. The summed E-state index contributed by atoms with van der Waals surface area (Å²) in [7, 11) is 0. The molecular weight excluding hydrogens is 248 g/mol. The molecule has 2 fully saturated rings. The largest absolute Gasteiger partial charge is 0.381 e. The van der Waals surface area contributed by atoms with E-state index < -0.39 is 0 Å². The van der Waals surface area contributed by atoms with Gasteiger partial charge in [0.05, 0.1) is 5.56 Å². The van der Waals surface area contributed by atoms with E-state index >= 15 is 0 Å². The van der Waals surface area contributed by atoms with Crippen molar-refractivity contribution in [1.82, 2.24) is 5.32 Å².